The molecule has 2 rings (SSSR count). The van der Waals surface area contributed by atoms with Gasteiger partial charge in [0.1, 0.15) is 0 Å². The monoisotopic (exact) mass is 246 g/mol. The van der Waals surface area contributed by atoms with Gasteiger partial charge in [0.2, 0.25) is 5.91 Å². The van der Waals surface area contributed by atoms with E-state index in [9.17, 15) is 4.79 Å². The molecular formula is C12H23ClN2O. The predicted octanol–water partition coefficient (Wildman–Crippen LogP) is 1.86. The van der Waals surface area contributed by atoms with Crippen LogP contribution in [0.4, 0.5) is 0 Å². The highest BCUT2D eigenvalue weighted by atomic mass is 35.5. The lowest BCUT2D eigenvalue weighted by Gasteiger charge is -2.24. The molecule has 0 aromatic rings. The summed E-state index contributed by atoms with van der Waals surface area (Å²) in [6.07, 6.45) is 7.33. The summed E-state index contributed by atoms with van der Waals surface area (Å²) in [6.45, 7) is 4.15. The predicted molar refractivity (Wildman–Crippen MR) is 67.9 cm³/mol. The van der Waals surface area contributed by atoms with Crippen molar-refractivity contribution in [3.63, 3.8) is 0 Å². The maximum atomic E-state index is 11.8. The van der Waals surface area contributed by atoms with Gasteiger partial charge in [-0.2, -0.15) is 0 Å². The zero-order chi connectivity index (χ0) is 10.7. The van der Waals surface area contributed by atoms with Crippen LogP contribution in [0, 0.1) is 5.41 Å². The minimum absolute atomic E-state index is 0. The first kappa shape index (κ1) is 13.8. The molecule has 1 saturated carbocycles. The fraction of sp³-hybridized carbons (Fsp3) is 0.917. The second-order valence-electron chi connectivity index (χ2n) is 5.38. The van der Waals surface area contributed by atoms with Gasteiger partial charge in [-0.1, -0.05) is 19.8 Å². The lowest BCUT2D eigenvalue weighted by Crippen LogP contribution is -2.43. The molecule has 94 valence electrons. The highest BCUT2D eigenvalue weighted by molar-refractivity contribution is 5.85. The van der Waals surface area contributed by atoms with Gasteiger partial charge >= 0.3 is 0 Å². The molecule has 2 N–H and O–H groups in total. The van der Waals surface area contributed by atoms with Crippen molar-refractivity contribution < 1.29 is 4.79 Å². The van der Waals surface area contributed by atoms with Gasteiger partial charge in [0.25, 0.3) is 0 Å². The average Bonchev–Trinajstić information content (AvgIpc) is 2.85. The van der Waals surface area contributed by atoms with Crippen LogP contribution in [0.1, 0.15) is 45.4 Å². The summed E-state index contributed by atoms with van der Waals surface area (Å²) in [7, 11) is 0. The van der Waals surface area contributed by atoms with E-state index < -0.39 is 0 Å². The van der Waals surface area contributed by atoms with E-state index in [-0.39, 0.29) is 24.4 Å². The maximum Gasteiger partial charge on any atom is 0.237 e. The van der Waals surface area contributed by atoms with Gasteiger partial charge in [-0.15, -0.1) is 12.4 Å². The molecule has 2 aliphatic rings. The smallest absolute Gasteiger partial charge is 0.237 e. The summed E-state index contributed by atoms with van der Waals surface area (Å²) < 4.78 is 0. The number of hydrogen-bond acceptors (Lipinski definition) is 2. The van der Waals surface area contributed by atoms with Crippen LogP contribution in [-0.2, 0) is 4.79 Å². The minimum Gasteiger partial charge on any atom is -0.354 e. The summed E-state index contributed by atoms with van der Waals surface area (Å²) >= 11 is 0. The van der Waals surface area contributed by atoms with E-state index in [2.05, 4.69) is 17.6 Å². The lowest BCUT2D eigenvalue weighted by molar-refractivity contribution is -0.123. The van der Waals surface area contributed by atoms with Crippen LogP contribution < -0.4 is 10.6 Å². The molecular weight excluding hydrogens is 224 g/mol. The van der Waals surface area contributed by atoms with Crippen LogP contribution in [0.3, 0.4) is 0 Å². The Bertz CT molecular complexity index is 233. The fourth-order valence-corrected chi connectivity index (χ4v) is 2.74. The van der Waals surface area contributed by atoms with Crippen LogP contribution in [0.2, 0.25) is 0 Å². The van der Waals surface area contributed by atoms with E-state index >= 15 is 0 Å². The number of rotatable bonds is 3. The van der Waals surface area contributed by atoms with Crippen molar-refractivity contribution in [1.29, 1.82) is 0 Å². The first-order valence-electron chi connectivity index (χ1n) is 6.21. The SMILES string of the molecule is CC1(CNC(=O)C2CCCN2)CCCC1.Cl. The summed E-state index contributed by atoms with van der Waals surface area (Å²) in [5, 5.41) is 6.34. The molecule has 4 heteroatoms. The molecule has 3 nitrogen and oxygen atoms in total. The van der Waals surface area contributed by atoms with Crippen LogP contribution >= 0.6 is 12.4 Å². The standard InChI is InChI=1S/C12H22N2O.ClH/c1-12(6-2-3-7-12)9-14-11(15)10-5-4-8-13-10;/h10,13H,2-9H2,1H3,(H,14,15);1H. The number of carbonyl (C=O) groups excluding carboxylic acids is 1. The maximum absolute atomic E-state index is 11.8. The average molecular weight is 247 g/mol. The van der Waals surface area contributed by atoms with Crippen molar-refractivity contribution in [1.82, 2.24) is 10.6 Å². The van der Waals surface area contributed by atoms with Crippen LogP contribution in [0.25, 0.3) is 0 Å². The third-order valence-electron chi connectivity index (χ3n) is 3.88. The molecule has 0 radical (unpaired) electrons. The summed E-state index contributed by atoms with van der Waals surface area (Å²) in [4.78, 5) is 11.8. The molecule has 0 aromatic carbocycles. The van der Waals surface area contributed by atoms with Gasteiger partial charge in [0, 0.05) is 6.54 Å². The third-order valence-corrected chi connectivity index (χ3v) is 3.88. The fourth-order valence-electron chi connectivity index (χ4n) is 2.74. The molecule has 0 aromatic heterocycles. The van der Waals surface area contributed by atoms with E-state index in [1.165, 1.54) is 25.7 Å². The Morgan fingerprint density at radius 2 is 2.06 bits per heavy atom. The largest absolute Gasteiger partial charge is 0.354 e. The van der Waals surface area contributed by atoms with Crippen molar-refractivity contribution >= 4 is 18.3 Å². The molecule has 1 saturated heterocycles. The van der Waals surface area contributed by atoms with Gasteiger partial charge in [0.15, 0.2) is 0 Å². The van der Waals surface area contributed by atoms with E-state index in [1.54, 1.807) is 0 Å². The van der Waals surface area contributed by atoms with Crippen molar-refractivity contribution in [2.45, 2.75) is 51.5 Å². The Labute approximate surface area is 104 Å². The van der Waals surface area contributed by atoms with Crippen LogP contribution in [0.15, 0.2) is 0 Å². The molecule has 1 heterocycles. The normalized spacial score (nSPS) is 27.4. The summed E-state index contributed by atoms with van der Waals surface area (Å²) in [5.74, 6) is 0.209. The van der Waals surface area contributed by atoms with Gasteiger partial charge < -0.3 is 10.6 Å². The Kier molecular flexibility index (Phi) is 5.06. The summed E-state index contributed by atoms with van der Waals surface area (Å²) in [6, 6.07) is 0.0787. The number of nitrogens with one attached hydrogen (secondary N) is 2. The second-order valence-corrected chi connectivity index (χ2v) is 5.38. The molecule has 0 spiro atoms. The Hall–Kier alpha value is -0.280. The molecule has 0 bridgehead atoms. The van der Waals surface area contributed by atoms with E-state index in [0.717, 1.165) is 25.9 Å². The first-order valence-corrected chi connectivity index (χ1v) is 6.21. The highest BCUT2D eigenvalue weighted by Crippen LogP contribution is 2.36. The van der Waals surface area contributed by atoms with Gasteiger partial charge in [-0.05, 0) is 37.6 Å². The topological polar surface area (TPSA) is 41.1 Å². The van der Waals surface area contributed by atoms with Crippen LogP contribution in [-0.4, -0.2) is 25.0 Å². The van der Waals surface area contributed by atoms with Crippen LogP contribution in [0.5, 0.6) is 0 Å². The molecule has 1 atom stereocenters. The molecule has 1 aliphatic heterocycles. The quantitative estimate of drug-likeness (QED) is 0.798. The van der Waals surface area contributed by atoms with Crippen molar-refractivity contribution in [2.75, 3.05) is 13.1 Å². The number of carbonyl (C=O) groups is 1. The Morgan fingerprint density at radius 1 is 1.38 bits per heavy atom. The molecule has 1 unspecified atom stereocenters. The summed E-state index contributed by atoms with van der Waals surface area (Å²) in [5.41, 5.74) is 0.369. The van der Waals surface area contributed by atoms with Crippen molar-refractivity contribution in [3.8, 4) is 0 Å². The number of amides is 1. The van der Waals surface area contributed by atoms with Crippen molar-refractivity contribution in [2.24, 2.45) is 5.41 Å². The number of hydrogen-bond donors (Lipinski definition) is 2. The minimum atomic E-state index is 0. The van der Waals surface area contributed by atoms with E-state index in [1.807, 2.05) is 0 Å². The zero-order valence-electron chi connectivity index (χ0n) is 10.1. The first-order chi connectivity index (χ1) is 7.20. The molecule has 1 amide bonds. The molecule has 2 fully saturated rings. The van der Waals surface area contributed by atoms with Gasteiger partial charge in [0.05, 0.1) is 6.04 Å². The Morgan fingerprint density at radius 3 is 2.62 bits per heavy atom. The van der Waals surface area contributed by atoms with E-state index in [0.29, 0.717) is 5.41 Å². The second kappa shape index (κ2) is 5.87. The highest BCUT2D eigenvalue weighted by Gasteiger charge is 2.30. The van der Waals surface area contributed by atoms with E-state index in [4.69, 9.17) is 0 Å². The van der Waals surface area contributed by atoms with Gasteiger partial charge in [-0.25, -0.2) is 0 Å². The van der Waals surface area contributed by atoms with Gasteiger partial charge in [-0.3, -0.25) is 4.79 Å². The third kappa shape index (κ3) is 3.36. The molecule has 16 heavy (non-hydrogen) atoms. The van der Waals surface area contributed by atoms with Crippen molar-refractivity contribution in [3.05, 3.63) is 0 Å². The lowest BCUT2D eigenvalue weighted by atomic mass is 9.89. The zero-order valence-corrected chi connectivity index (χ0v) is 10.9. The number of halogens is 1. The Balaban J connectivity index is 0.00000128. The molecule has 1 aliphatic carbocycles.